The van der Waals surface area contributed by atoms with Gasteiger partial charge in [-0.2, -0.15) is 0 Å². The van der Waals surface area contributed by atoms with Crippen molar-refractivity contribution in [1.82, 2.24) is 9.55 Å². The Morgan fingerprint density at radius 1 is 1.39 bits per heavy atom. The Bertz CT molecular complexity index is 601. The number of hydrogen-bond donors (Lipinski definition) is 1. The van der Waals surface area contributed by atoms with Gasteiger partial charge < -0.3 is 5.32 Å². The number of rotatable bonds is 4. The molecule has 4 nitrogen and oxygen atoms in total. The third kappa shape index (κ3) is 2.61. The molecule has 2 heterocycles. The fourth-order valence-electron chi connectivity index (χ4n) is 1.78. The fourth-order valence-corrected chi connectivity index (χ4v) is 2.61. The van der Waals surface area contributed by atoms with Crippen LogP contribution < -0.4 is 10.2 Å². The van der Waals surface area contributed by atoms with Crippen LogP contribution in [0.25, 0.3) is 0 Å². The molecule has 0 atom stereocenters. The molecular formula is C13H17N3OS. The monoisotopic (exact) mass is 263 g/mol. The van der Waals surface area contributed by atoms with Gasteiger partial charge in [0.15, 0.2) is 0 Å². The molecular weight excluding hydrogens is 246 g/mol. The van der Waals surface area contributed by atoms with E-state index in [-0.39, 0.29) is 4.87 Å². The quantitative estimate of drug-likeness (QED) is 0.921. The van der Waals surface area contributed by atoms with Gasteiger partial charge in [0.1, 0.15) is 5.82 Å². The zero-order valence-corrected chi connectivity index (χ0v) is 11.7. The van der Waals surface area contributed by atoms with Gasteiger partial charge in [-0.1, -0.05) is 17.4 Å². The van der Waals surface area contributed by atoms with Gasteiger partial charge in [-0.25, -0.2) is 4.98 Å². The van der Waals surface area contributed by atoms with E-state index < -0.39 is 0 Å². The first-order valence-electron chi connectivity index (χ1n) is 5.98. The maximum Gasteiger partial charge on any atom is 0.307 e. The molecule has 0 aliphatic carbocycles. The van der Waals surface area contributed by atoms with E-state index in [4.69, 9.17) is 0 Å². The van der Waals surface area contributed by atoms with Crippen molar-refractivity contribution < 1.29 is 0 Å². The van der Waals surface area contributed by atoms with E-state index in [1.807, 2.05) is 39.0 Å². The lowest BCUT2D eigenvalue weighted by molar-refractivity contribution is 0.733. The molecule has 0 radical (unpaired) electrons. The molecule has 18 heavy (non-hydrogen) atoms. The molecule has 0 spiro atoms. The number of nitrogens with one attached hydrogen (secondary N) is 1. The van der Waals surface area contributed by atoms with Crippen LogP contribution in [0.1, 0.15) is 23.2 Å². The minimum Gasteiger partial charge on any atom is -0.370 e. The van der Waals surface area contributed by atoms with E-state index in [1.54, 1.807) is 4.57 Å². The highest BCUT2D eigenvalue weighted by Gasteiger charge is 2.08. The summed E-state index contributed by atoms with van der Waals surface area (Å²) in [7, 11) is 0. The van der Waals surface area contributed by atoms with Gasteiger partial charge in [0.05, 0.1) is 12.2 Å². The largest absolute Gasteiger partial charge is 0.370 e. The Labute approximate surface area is 110 Å². The fraction of sp³-hybridized carbons (Fsp3) is 0.385. The lowest BCUT2D eigenvalue weighted by Crippen LogP contribution is -2.16. The minimum atomic E-state index is 0.0839. The normalized spacial score (nSPS) is 10.6. The molecule has 0 amide bonds. The lowest BCUT2D eigenvalue weighted by Gasteiger charge is -2.07. The first-order valence-corrected chi connectivity index (χ1v) is 6.80. The number of thiazole rings is 1. The number of aryl methyl sites for hydroxylation is 1. The van der Waals surface area contributed by atoms with Crippen molar-refractivity contribution in [2.75, 3.05) is 11.9 Å². The SMILES string of the molecule is CCNc1cccc(Cn2c(C)c(C)sc2=O)n1. The van der Waals surface area contributed by atoms with Crippen LogP contribution in [0.3, 0.4) is 0 Å². The second-order valence-electron chi connectivity index (χ2n) is 4.14. The molecule has 2 aromatic heterocycles. The zero-order valence-electron chi connectivity index (χ0n) is 10.9. The predicted molar refractivity (Wildman–Crippen MR) is 75.6 cm³/mol. The van der Waals surface area contributed by atoms with Crippen LogP contribution in [0.2, 0.25) is 0 Å². The van der Waals surface area contributed by atoms with E-state index in [0.717, 1.165) is 28.6 Å². The van der Waals surface area contributed by atoms with Crippen LogP contribution in [-0.2, 0) is 6.54 Å². The molecule has 0 unspecified atom stereocenters. The van der Waals surface area contributed by atoms with Crippen molar-refractivity contribution in [1.29, 1.82) is 0 Å². The number of nitrogens with zero attached hydrogens (tertiary/aromatic N) is 2. The Morgan fingerprint density at radius 3 is 2.78 bits per heavy atom. The molecule has 0 aliphatic heterocycles. The molecule has 1 N–H and O–H groups in total. The van der Waals surface area contributed by atoms with Crippen LogP contribution >= 0.6 is 11.3 Å². The molecule has 2 rings (SSSR count). The third-order valence-electron chi connectivity index (χ3n) is 2.86. The molecule has 0 fully saturated rings. The van der Waals surface area contributed by atoms with Gasteiger partial charge in [-0.3, -0.25) is 9.36 Å². The van der Waals surface area contributed by atoms with Gasteiger partial charge in [-0.15, -0.1) is 0 Å². The topological polar surface area (TPSA) is 46.9 Å². The van der Waals surface area contributed by atoms with Gasteiger partial charge in [0.2, 0.25) is 0 Å². The summed E-state index contributed by atoms with van der Waals surface area (Å²) in [5.41, 5.74) is 1.93. The smallest absolute Gasteiger partial charge is 0.307 e. The highest BCUT2D eigenvalue weighted by molar-refractivity contribution is 7.09. The first-order chi connectivity index (χ1) is 8.61. The molecule has 96 valence electrons. The number of anilines is 1. The van der Waals surface area contributed by atoms with Gasteiger partial charge in [-0.05, 0) is 32.9 Å². The van der Waals surface area contributed by atoms with Crippen LogP contribution in [-0.4, -0.2) is 16.1 Å². The van der Waals surface area contributed by atoms with E-state index in [9.17, 15) is 4.79 Å². The third-order valence-corrected chi connectivity index (χ3v) is 3.86. The molecule has 0 aliphatic rings. The zero-order chi connectivity index (χ0) is 13.1. The van der Waals surface area contributed by atoms with Crippen molar-refractivity contribution in [3.63, 3.8) is 0 Å². The van der Waals surface area contributed by atoms with Crippen molar-refractivity contribution in [3.8, 4) is 0 Å². The van der Waals surface area contributed by atoms with Crippen molar-refractivity contribution in [3.05, 3.63) is 44.1 Å². The van der Waals surface area contributed by atoms with E-state index in [2.05, 4.69) is 10.3 Å². The summed E-state index contributed by atoms with van der Waals surface area (Å²) in [6, 6.07) is 5.83. The Morgan fingerprint density at radius 2 is 2.17 bits per heavy atom. The molecule has 0 aromatic carbocycles. The Hall–Kier alpha value is -1.62. The maximum absolute atomic E-state index is 11.8. The average Bonchev–Trinajstić information content (AvgIpc) is 2.57. The van der Waals surface area contributed by atoms with E-state index in [1.165, 1.54) is 11.3 Å². The second-order valence-corrected chi connectivity index (χ2v) is 5.31. The van der Waals surface area contributed by atoms with Crippen molar-refractivity contribution in [2.24, 2.45) is 0 Å². The highest BCUT2D eigenvalue weighted by Crippen LogP contribution is 2.12. The molecule has 0 saturated heterocycles. The first kappa shape index (κ1) is 12.8. The number of hydrogen-bond acceptors (Lipinski definition) is 4. The molecule has 5 heteroatoms. The van der Waals surface area contributed by atoms with Crippen LogP contribution in [0.4, 0.5) is 5.82 Å². The predicted octanol–water partition coefficient (Wildman–Crippen LogP) is 2.40. The Balaban J connectivity index is 2.28. The van der Waals surface area contributed by atoms with Crippen LogP contribution in [0, 0.1) is 13.8 Å². The Kier molecular flexibility index (Phi) is 3.81. The van der Waals surface area contributed by atoms with Gasteiger partial charge >= 0.3 is 4.87 Å². The number of pyridine rings is 1. The lowest BCUT2D eigenvalue weighted by atomic mass is 10.3. The highest BCUT2D eigenvalue weighted by atomic mass is 32.1. The summed E-state index contributed by atoms with van der Waals surface area (Å²) in [6.07, 6.45) is 0. The average molecular weight is 263 g/mol. The van der Waals surface area contributed by atoms with E-state index >= 15 is 0 Å². The van der Waals surface area contributed by atoms with Gasteiger partial charge in [0.25, 0.3) is 0 Å². The summed E-state index contributed by atoms with van der Waals surface area (Å²) < 4.78 is 1.78. The standard InChI is InChI=1S/C13H17N3OS/c1-4-14-12-7-5-6-11(15-12)8-16-9(2)10(3)18-13(16)17/h5-7H,4,8H2,1-3H3,(H,14,15). The molecule has 0 saturated carbocycles. The van der Waals surface area contributed by atoms with E-state index in [0.29, 0.717) is 6.54 Å². The summed E-state index contributed by atoms with van der Waals surface area (Å²) in [6.45, 7) is 7.36. The number of aromatic nitrogens is 2. The molecule has 2 aromatic rings. The van der Waals surface area contributed by atoms with Crippen molar-refractivity contribution >= 4 is 17.2 Å². The van der Waals surface area contributed by atoms with Crippen LogP contribution in [0.5, 0.6) is 0 Å². The minimum absolute atomic E-state index is 0.0839. The summed E-state index contributed by atoms with van der Waals surface area (Å²) in [4.78, 5) is 17.5. The molecule has 0 bridgehead atoms. The second kappa shape index (κ2) is 5.35. The van der Waals surface area contributed by atoms with Crippen LogP contribution in [0.15, 0.2) is 23.0 Å². The summed E-state index contributed by atoms with van der Waals surface area (Å²) >= 11 is 1.29. The summed E-state index contributed by atoms with van der Waals surface area (Å²) in [5, 5.41) is 3.17. The van der Waals surface area contributed by atoms with Gasteiger partial charge in [0, 0.05) is 17.1 Å². The van der Waals surface area contributed by atoms with Crippen molar-refractivity contribution in [2.45, 2.75) is 27.3 Å². The summed E-state index contributed by atoms with van der Waals surface area (Å²) in [5.74, 6) is 0.854. The maximum atomic E-state index is 11.8.